The van der Waals surface area contributed by atoms with Crippen LogP contribution in [0.4, 0.5) is 0 Å². The fourth-order valence-corrected chi connectivity index (χ4v) is 1.41. The molecule has 2 rings (SSSR count). The molecule has 0 aliphatic rings. The molecule has 0 fully saturated rings. The molecule has 1 aromatic heterocycles. The molecule has 3 nitrogen and oxygen atoms in total. The van der Waals surface area contributed by atoms with Gasteiger partial charge in [0, 0.05) is 0 Å². The lowest BCUT2D eigenvalue weighted by atomic mass is 10.1. The molecule has 0 saturated heterocycles. The minimum atomic E-state index is 1.35. The summed E-state index contributed by atoms with van der Waals surface area (Å²) in [5.41, 5.74) is 4.06. The largest absolute Gasteiger partial charge is 0.139 e. The Morgan fingerprint density at radius 3 is 1.33 bits per heavy atom. The van der Waals surface area contributed by atoms with Crippen LogP contribution in [0.5, 0.6) is 0 Å². The molecule has 0 saturated carbocycles. The molecule has 0 aliphatic carbocycles. The van der Waals surface area contributed by atoms with Crippen LogP contribution in [-0.4, -0.2) is 15.4 Å². The van der Waals surface area contributed by atoms with Gasteiger partial charge in [-0.15, -0.1) is 10.2 Å². The third-order valence-corrected chi connectivity index (χ3v) is 1.77. The molecule has 0 amide bonds. The maximum absolute atomic E-state index is 3.42. The average Bonchev–Trinajstić information content (AvgIpc) is 2.19. The van der Waals surface area contributed by atoms with E-state index in [1.54, 1.807) is 18.5 Å². The summed E-state index contributed by atoms with van der Waals surface area (Å²) in [5.74, 6) is 0. The zero-order chi connectivity index (χ0) is 11.1. The van der Waals surface area contributed by atoms with Crippen LogP contribution in [0, 0.1) is 20.8 Å². The molecule has 1 heterocycles. The summed E-state index contributed by atoms with van der Waals surface area (Å²) >= 11 is 0. The standard InChI is InChI=1S/C9H12.C3H3N3/c1-7-4-8(2)6-9(3)5-7;1-2-4-6-5-3-1/h4-6H,1-3H3;1-3H. The van der Waals surface area contributed by atoms with Crippen LogP contribution in [0.25, 0.3) is 0 Å². The van der Waals surface area contributed by atoms with E-state index in [9.17, 15) is 0 Å². The molecule has 1 aromatic carbocycles. The fourth-order valence-electron chi connectivity index (χ4n) is 1.41. The lowest BCUT2D eigenvalue weighted by molar-refractivity contribution is 0.865. The van der Waals surface area contributed by atoms with E-state index in [2.05, 4.69) is 54.4 Å². The molecule has 0 spiro atoms. The summed E-state index contributed by atoms with van der Waals surface area (Å²) in [4.78, 5) is 0. The first-order valence-corrected chi connectivity index (χ1v) is 4.82. The highest BCUT2D eigenvalue weighted by Gasteiger charge is 1.87. The first-order chi connectivity index (χ1) is 7.18. The Balaban J connectivity index is 0.000000162. The maximum atomic E-state index is 3.42. The molecule has 78 valence electrons. The number of hydrogen-bond acceptors (Lipinski definition) is 3. The molecule has 0 aliphatic heterocycles. The predicted molar refractivity (Wildman–Crippen MR) is 60.5 cm³/mol. The molecular weight excluding hydrogens is 186 g/mol. The van der Waals surface area contributed by atoms with Crippen LogP contribution in [-0.2, 0) is 0 Å². The van der Waals surface area contributed by atoms with Crippen LogP contribution in [0.2, 0.25) is 0 Å². The zero-order valence-electron chi connectivity index (χ0n) is 9.31. The Morgan fingerprint density at radius 2 is 1.13 bits per heavy atom. The van der Waals surface area contributed by atoms with Gasteiger partial charge in [-0.25, -0.2) is 0 Å². The number of rotatable bonds is 0. The molecular formula is C12H15N3. The summed E-state index contributed by atoms with van der Waals surface area (Å²) < 4.78 is 0. The van der Waals surface area contributed by atoms with E-state index in [4.69, 9.17) is 0 Å². The van der Waals surface area contributed by atoms with Crippen molar-refractivity contribution in [1.82, 2.24) is 15.4 Å². The summed E-state index contributed by atoms with van der Waals surface area (Å²) in [6.07, 6.45) is 3.15. The monoisotopic (exact) mass is 201 g/mol. The molecule has 0 bridgehead atoms. The number of aromatic nitrogens is 3. The Bertz CT molecular complexity index is 322. The summed E-state index contributed by atoms with van der Waals surface area (Å²) in [7, 11) is 0. The summed E-state index contributed by atoms with van der Waals surface area (Å²) in [5, 5.41) is 10.1. The van der Waals surface area contributed by atoms with Crippen molar-refractivity contribution in [3.05, 3.63) is 53.3 Å². The topological polar surface area (TPSA) is 38.7 Å². The summed E-state index contributed by atoms with van der Waals surface area (Å²) in [6, 6.07) is 8.28. The average molecular weight is 201 g/mol. The first-order valence-electron chi connectivity index (χ1n) is 4.82. The van der Waals surface area contributed by atoms with Gasteiger partial charge in [0.2, 0.25) is 0 Å². The smallest absolute Gasteiger partial charge is 0.0529 e. The molecule has 0 radical (unpaired) electrons. The number of nitrogens with zero attached hydrogens (tertiary/aromatic N) is 3. The van der Waals surface area contributed by atoms with Gasteiger partial charge in [0.25, 0.3) is 0 Å². The van der Waals surface area contributed by atoms with Gasteiger partial charge in [-0.2, -0.15) is 0 Å². The fraction of sp³-hybridized carbons (Fsp3) is 0.250. The van der Waals surface area contributed by atoms with Crippen molar-refractivity contribution in [1.29, 1.82) is 0 Å². The Hall–Kier alpha value is -1.77. The lowest BCUT2D eigenvalue weighted by Gasteiger charge is -1.96. The second-order valence-electron chi connectivity index (χ2n) is 3.48. The minimum Gasteiger partial charge on any atom is -0.139 e. The van der Waals surface area contributed by atoms with Gasteiger partial charge in [-0.3, -0.25) is 0 Å². The van der Waals surface area contributed by atoms with E-state index < -0.39 is 0 Å². The highest BCUT2D eigenvalue weighted by Crippen LogP contribution is 2.06. The van der Waals surface area contributed by atoms with Crippen molar-refractivity contribution in [3.63, 3.8) is 0 Å². The van der Waals surface area contributed by atoms with E-state index in [0.717, 1.165) is 0 Å². The van der Waals surface area contributed by atoms with Crippen LogP contribution >= 0.6 is 0 Å². The van der Waals surface area contributed by atoms with E-state index in [1.165, 1.54) is 16.7 Å². The molecule has 3 heteroatoms. The van der Waals surface area contributed by atoms with Crippen LogP contribution in [0.1, 0.15) is 16.7 Å². The Morgan fingerprint density at radius 1 is 0.733 bits per heavy atom. The van der Waals surface area contributed by atoms with E-state index in [-0.39, 0.29) is 0 Å². The van der Waals surface area contributed by atoms with E-state index in [1.807, 2.05) is 0 Å². The van der Waals surface area contributed by atoms with Crippen molar-refractivity contribution < 1.29 is 0 Å². The van der Waals surface area contributed by atoms with Gasteiger partial charge >= 0.3 is 0 Å². The SMILES string of the molecule is Cc1cc(C)cc(C)c1.c1cnnnc1. The minimum absolute atomic E-state index is 1.35. The molecule has 0 unspecified atom stereocenters. The van der Waals surface area contributed by atoms with Gasteiger partial charge in [0.1, 0.15) is 0 Å². The van der Waals surface area contributed by atoms with Crippen molar-refractivity contribution in [2.24, 2.45) is 0 Å². The second-order valence-corrected chi connectivity index (χ2v) is 3.48. The molecule has 0 atom stereocenters. The Labute approximate surface area is 90.2 Å². The lowest BCUT2D eigenvalue weighted by Crippen LogP contribution is -1.78. The highest BCUT2D eigenvalue weighted by molar-refractivity contribution is 5.27. The van der Waals surface area contributed by atoms with E-state index >= 15 is 0 Å². The number of hydrogen-bond donors (Lipinski definition) is 0. The third-order valence-electron chi connectivity index (χ3n) is 1.77. The molecule has 0 N–H and O–H groups in total. The maximum Gasteiger partial charge on any atom is 0.0529 e. The van der Waals surface area contributed by atoms with Crippen LogP contribution < -0.4 is 0 Å². The van der Waals surface area contributed by atoms with Gasteiger partial charge in [-0.1, -0.05) is 34.9 Å². The molecule has 15 heavy (non-hydrogen) atoms. The van der Waals surface area contributed by atoms with Crippen molar-refractivity contribution >= 4 is 0 Å². The first kappa shape index (κ1) is 11.3. The highest BCUT2D eigenvalue weighted by atomic mass is 15.3. The normalized spacial score (nSPS) is 9.00. The number of aryl methyl sites for hydroxylation is 3. The zero-order valence-corrected chi connectivity index (χ0v) is 9.31. The second kappa shape index (κ2) is 5.86. The quantitative estimate of drug-likeness (QED) is 0.657. The van der Waals surface area contributed by atoms with Crippen LogP contribution in [0.3, 0.4) is 0 Å². The van der Waals surface area contributed by atoms with Crippen molar-refractivity contribution in [2.45, 2.75) is 20.8 Å². The molecule has 2 aromatic rings. The van der Waals surface area contributed by atoms with E-state index in [0.29, 0.717) is 0 Å². The van der Waals surface area contributed by atoms with Gasteiger partial charge in [0.15, 0.2) is 0 Å². The van der Waals surface area contributed by atoms with Crippen molar-refractivity contribution in [3.8, 4) is 0 Å². The van der Waals surface area contributed by atoms with Gasteiger partial charge < -0.3 is 0 Å². The third kappa shape index (κ3) is 4.86. The van der Waals surface area contributed by atoms with Gasteiger partial charge in [-0.05, 0) is 32.1 Å². The van der Waals surface area contributed by atoms with Crippen molar-refractivity contribution in [2.75, 3.05) is 0 Å². The van der Waals surface area contributed by atoms with Gasteiger partial charge in [0.05, 0.1) is 12.4 Å². The predicted octanol–water partition coefficient (Wildman–Crippen LogP) is 2.48. The number of benzene rings is 1. The Kier molecular flexibility index (Phi) is 4.41. The van der Waals surface area contributed by atoms with Crippen LogP contribution in [0.15, 0.2) is 36.7 Å². The summed E-state index contributed by atoms with van der Waals surface area (Å²) in [6.45, 7) is 6.38.